The second-order valence-electron chi connectivity index (χ2n) is 2.77. The quantitative estimate of drug-likeness (QED) is 0.309. The van der Waals surface area contributed by atoms with Gasteiger partial charge < -0.3 is 20.9 Å². The number of rotatable bonds is 7. The number of hydrogen-bond donors (Lipinski definition) is 4. The Morgan fingerprint density at radius 3 is 2.43 bits per heavy atom. The van der Waals surface area contributed by atoms with Crippen LogP contribution in [0.25, 0.3) is 0 Å². The summed E-state index contributed by atoms with van der Waals surface area (Å²) in [6.07, 6.45) is 0.122. The summed E-state index contributed by atoms with van der Waals surface area (Å²) < 4.78 is 10.5. The van der Waals surface area contributed by atoms with E-state index in [1.165, 1.54) is 0 Å². The molecule has 8 heteroatoms. The smallest absolute Gasteiger partial charge is 0.323 e. The Hall–Kier alpha value is -0.590. The van der Waals surface area contributed by atoms with E-state index in [0.717, 1.165) is 0 Å². The number of carbonyl (C=O) groups is 1. The molecule has 0 aliphatic heterocycles. The van der Waals surface area contributed by atoms with Gasteiger partial charge in [-0.3, -0.25) is 4.79 Å². The first-order valence-corrected chi connectivity index (χ1v) is 5.23. The predicted octanol–water partition coefficient (Wildman–Crippen LogP) is -1.37. The monoisotopic (exact) mass is 224 g/mol. The van der Waals surface area contributed by atoms with Crippen LogP contribution in [0.5, 0.6) is 0 Å². The van der Waals surface area contributed by atoms with Gasteiger partial charge in [0.15, 0.2) is 5.66 Å². The largest absolute Gasteiger partial charge is 0.595 e. The van der Waals surface area contributed by atoms with Crippen LogP contribution >= 0.6 is 8.03 Å². The molecule has 0 aliphatic carbocycles. The molecule has 0 aromatic carbocycles. The van der Waals surface area contributed by atoms with Gasteiger partial charge in [-0.1, -0.05) is 4.57 Å². The Balaban J connectivity index is 4.00. The van der Waals surface area contributed by atoms with E-state index in [1.54, 1.807) is 5.48 Å². The maximum absolute atomic E-state index is 10.5. The third-order valence-electron chi connectivity index (χ3n) is 1.81. The molecule has 0 bridgehead atoms. The zero-order valence-corrected chi connectivity index (χ0v) is 8.31. The van der Waals surface area contributed by atoms with Crippen molar-refractivity contribution in [3.8, 4) is 0 Å². The molecule has 0 radical (unpaired) electrons. The fraction of sp³-hybridized carbons (Fsp3) is 0.833. The van der Waals surface area contributed by atoms with E-state index in [4.69, 9.17) is 16.0 Å². The third kappa shape index (κ3) is 4.59. The van der Waals surface area contributed by atoms with Gasteiger partial charge in [0.1, 0.15) is 6.04 Å². The molecule has 0 saturated heterocycles. The van der Waals surface area contributed by atoms with Gasteiger partial charge in [-0.05, 0) is 12.8 Å². The van der Waals surface area contributed by atoms with E-state index < -0.39 is 25.7 Å². The maximum Gasteiger partial charge on any atom is 0.323 e. The Morgan fingerprint density at radius 2 is 2.14 bits per heavy atom. The molecular weight excluding hydrogens is 211 g/mol. The molecule has 0 heterocycles. The van der Waals surface area contributed by atoms with Crippen LogP contribution in [0, 0.1) is 0 Å². The summed E-state index contributed by atoms with van der Waals surface area (Å²) in [7, 11) is -2.65. The fourth-order valence-corrected chi connectivity index (χ4v) is 1.44. The van der Waals surface area contributed by atoms with Crippen molar-refractivity contribution in [2.24, 2.45) is 5.73 Å². The van der Waals surface area contributed by atoms with Gasteiger partial charge in [0.05, 0.1) is 0 Å². The molecule has 3 atom stereocenters. The van der Waals surface area contributed by atoms with E-state index in [-0.39, 0.29) is 19.4 Å². The number of nitrogens with one attached hydrogen (secondary N) is 1. The minimum Gasteiger partial charge on any atom is -0.595 e. The van der Waals surface area contributed by atoms with Crippen molar-refractivity contribution in [1.29, 1.82) is 0 Å². The van der Waals surface area contributed by atoms with Gasteiger partial charge >= 0.3 is 14.0 Å². The predicted molar refractivity (Wildman–Crippen MR) is 46.0 cm³/mol. The minimum absolute atomic E-state index is 0.0109. The number of nitrogens with two attached hydrogens (primary N) is 1. The van der Waals surface area contributed by atoms with Crippen LogP contribution in [0.1, 0.15) is 12.8 Å². The van der Waals surface area contributed by atoms with Crippen LogP contribution in [-0.4, -0.2) is 34.5 Å². The summed E-state index contributed by atoms with van der Waals surface area (Å²) in [6.45, 7) is -0.0452. The highest BCUT2D eigenvalue weighted by molar-refractivity contribution is 7.37. The normalized spacial score (nSPS) is 16.1. The van der Waals surface area contributed by atoms with Crippen molar-refractivity contribution < 1.29 is 24.6 Å². The number of carboxylic acids is 1. The average molecular weight is 224 g/mol. The van der Waals surface area contributed by atoms with Crippen LogP contribution in [0.4, 0.5) is 0 Å². The lowest BCUT2D eigenvalue weighted by Gasteiger charge is -2.11. The first kappa shape index (κ1) is 13.4. The second kappa shape index (κ2) is 6.80. The Bertz CT molecular complexity index is 190. The molecule has 0 aromatic rings. The summed E-state index contributed by atoms with van der Waals surface area (Å²) in [6, 6.07) is -1.15. The van der Waals surface area contributed by atoms with Gasteiger partial charge in [0.2, 0.25) is 0 Å². The van der Waals surface area contributed by atoms with E-state index in [1.807, 2.05) is 0 Å². The maximum atomic E-state index is 10.5. The summed E-state index contributed by atoms with van der Waals surface area (Å²) in [5.41, 5.74) is 6.01. The van der Waals surface area contributed by atoms with Crippen molar-refractivity contribution in [2.45, 2.75) is 24.5 Å². The average Bonchev–Trinajstić information content (AvgIpc) is 2.11. The van der Waals surface area contributed by atoms with E-state index >= 15 is 0 Å². The fourth-order valence-electron chi connectivity index (χ4n) is 0.912. The topological polar surface area (TPSA) is 136 Å². The molecule has 5 N–H and O–H groups in total. The molecule has 0 amide bonds. The number of hydrogen-bond acceptors (Lipinski definition) is 6. The lowest BCUT2D eigenvalue weighted by molar-refractivity contribution is -0.166. The van der Waals surface area contributed by atoms with Crippen molar-refractivity contribution in [3.63, 3.8) is 0 Å². The van der Waals surface area contributed by atoms with Gasteiger partial charge in [0, 0.05) is 6.54 Å². The summed E-state index contributed by atoms with van der Waals surface area (Å²) in [5.74, 6) is -1.23. The molecule has 0 saturated carbocycles. The number of aliphatic carboxylic acids is 1. The molecule has 0 rings (SSSR count). The van der Waals surface area contributed by atoms with Crippen molar-refractivity contribution in [2.75, 3.05) is 6.54 Å². The van der Waals surface area contributed by atoms with E-state index in [9.17, 15) is 14.3 Å². The van der Waals surface area contributed by atoms with Gasteiger partial charge in [-0.2, -0.15) is 5.48 Å². The first-order chi connectivity index (χ1) is 6.52. The van der Waals surface area contributed by atoms with Crippen molar-refractivity contribution in [1.82, 2.24) is 5.48 Å². The van der Waals surface area contributed by atoms with Crippen LogP contribution in [-0.2, 0) is 9.36 Å². The van der Waals surface area contributed by atoms with E-state index in [2.05, 4.69) is 0 Å². The highest BCUT2D eigenvalue weighted by Gasteiger charge is 2.24. The molecule has 0 fully saturated rings. The van der Waals surface area contributed by atoms with Crippen LogP contribution in [0.2, 0.25) is 0 Å². The molecule has 82 valence electrons. The van der Waals surface area contributed by atoms with E-state index in [0.29, 0.717) is 0 Å². The van der Waals surface area contributed by atoms with Crippen LogP contribution in [0.15, 0.2) is 0 Å². The number of hydroxylamine groups is 1. The Morgan fingerprint density at radius 1 is 1.57 bits per heavy atom. The first-order valence-electron chi connectivity index (χ1n) is 3.99. The minimum atomic E-state index is -2.65. The van der Waals surface area contributed by atoms with Crippen molar-refractivity contribution in [3.05, 3.63) is 0 Å². The van der Waals surface area contributed by atoms with Gasteiger partial charge in [-0.15, -0.1) is 0 Å². The second-order valence-corrected chi connectivity index (χ2v) is 4.07. The van der Waals surface area contributed by atoms with Gasteiger partial charge in [0.25, 0.3) is 0 Å². The lowest BCUT2D eigenvalue weighted by Crippen LogP contribution is -2.35. The Kier molecular flexibility index (Phi) is 6.52. The zero-order valence-electron chi connectivity index (χ0n) is 7.42. The van der Waals surface area contributed by atoms with Crippen molar-refractivity contribution >= 4 is 14.0 Å². The number of carboxylic acid groups (broad SMARTS) is 1. The molecule has 0 aliphatic rings. The molecular formula is C6H13N2O5P. The molecule has 14 heavy (non-hydrogen) atoms. The summed E-state index contributed by atoms with van der Waals surface area (Å²) >= 11 is 0. The summed E-state index contributed by atoms with van der Waals surface area (Å²) in [4.78, 5) is 20.9. The highest BCUT2D eigenvalue weighted by atomic mass is 31.1. The molecule has 7 nitrogen and oxygen atoms in total. The molecule has 0 spiro atoms. The standard InChI is InChI=1S/C6H13N2O5P/c7-3-4(14(12)13)1-2-5(8-11)6(9)10/h4-5,8,11H,1-3,7H2,(H,9,10). The lowest BCUT2D eigenvalue weighted by atomic mass is 10.1. The zero-order chi connectivity index (χ0) is 11.1. The Labute approximate surface area is 81.7 Å². The van der Waals surface area contributed by atoms with Crippen LogP contribution < -0.4 is 16.1 Å². The summed E-state index contributed by atoms with van der Waals surface area (Å²) in [5, 5.41) is 16.9. The molecule has 0 aromatic heterocycles. The van der Waals surface area contributed by atoms with Crippen LogP contribution in [0.3, 0.4) is 0 Å². The highest BCUT2D eigenvalue weighted by Crippen LogP contribution is 2.21. The molecule has 3 unspecified atom stereocenters. The SMILES string of the molecule is NCC(CCC(NO)C(=O)O)[P+](=O)[O-]. The van der Waals surface area contributed by atoms with Gasteiger partial charge in [-0.25, -0.2) is 0 Å². The third-order valence-corrected chi connectivity index (χ3v) is 2.88.